The number of benzene rings is 1. The van der Waals surface area contributed by atoms with Gasteiger partial charge in [-0.25, -0.2) is 8.42 Å². The fourth-order valence-corrected chi connectivity index (χ4v) is 4.64. The zero-order valence-electron chi connectivity index (χ0n) is 12.1. The van der Waals surface area contributed by atoms with Crippen molar-refractivity contribution in [3.05, 3.63) is 29.3 Å². The molecule has 0 spiro atoms. The SMILES string of the molecule is O=C(COc1ccc(Cl)cc1)N(C1CC1)C1CCS(=O)(=O)C1. The quantitative estimate of drug-likeness (QED) is 0.819. The smallest absolute Gasteiger partial charge is 0.261 e. The van der Waals surface area contributed by atoms with Crippen LogP contribution in [-0.2, 0) is 14.6 Å². The number of hydrogen-bond donors (Lipinski definition) is 0. The number of rotatable bonds is 5. The van der Waals surface area contributed by atoms with Crippen molar-refractivity contribution >= 4 is 27.3 Å². The number of carbonyl (C=O) groups is 1. The van der Waals surface area contributed by atoms with Crippen LogP contribution in [0.2, 0.25) is 5.02 Å². The summed E-state index contributed by atoms with van der Waals surface area (Å²) >= 11 is 5.80. The minimum Gasteiger partial charge on any atom is -0.484 e. The van der Waals surface area contributed by atoms with Crippen LogP contribution in [0, 0.1) is 0 Å². The van der Waals surface area contributed by atoms with Crippen molar-refractivity contribution in [2.24, 2.45) is 0 Å². The maximum absolute atomic E-state index is 12.4. The molecular formula is C15H18ClNO4S. The summed E-state index contributed by atoms with van der Waals surface area (Å²) in [6.07, 6.45) is 2.43. The molecule has 5 nitrogen and oxygen atoms in total. The number of halogens is 1. The summed E-state index contributed by atoms with van der Waals surface area (Å²) in [7, 11) is -3.00. The highest BCUT2D eigenvalue weighted by atomic mass is 35.5. The average molecular weight is 344 g/mol. The van der Waals surface area contributed by atoms with E-state index in [2.05, 4.69) is 0 Å². The maximum Gasteiger partial charge on any atom is 0.261 e. The van der Waals surface area contributed by atoms with Gasteiger partial charge in [0.15, 0.2) is 16.4 Å². The van der Waals surface area contributed by atoms with E-state index >= 15 is 0 Å². The first kappa shape index (κ1) is 15.6. The van der Waals surface area contributed by atoms with Gasteiger partial charge in [-0.2, -0.15) is 0 Å². The third-order valence-corrected chi connectivity index (χ3v) is 6.01. The minimum atomic E-state index is -3.00. The molecule has 120 valence electrons. The lowest BCUT2D eigenvalue weighted by atomic mass is 10.2. The number of hydrogen-bond acceptors (Lipinski definition) is 4. The Balaban J connectivity index is 1.62. The van der Waals surface area contributed by atoms with Crippen molar-refractivity contribution in [2.75, 3.05) is 18.1 Å². The second kappa shape index (κ2) is 6.08. The molecule has 22 heavy (non-hydrogen) atoms. The van der Waals surface area contributed by atoms with Crippen LogP contribution in [0.25, 0.3) is 0 Å². The molecule has 0 aromatic heterocycles. The standard InChI is InChI=1S/C15H18ClNO4S/c16-11-1-5-14(6-2-11)21-9-15(18)17(12-3-4-12)13-7-8-22(19,20)10-13/h1-2,5-6,12-13H,3-4,7-10H2. The van der Waals surface area contributed by atoms with Gasteiger partial charge < -0.3 is 9.64 Å². The second-order valence-corrected chi connectivity index (χ2v) is 8.50. The van der Waals surface area contributed by atoms with Gasteiger partial charge in [0.25, 0.3) is 5.91 Å². The van der Waals surface area contributed by atoms with E-state index in [9.17, 15) is 13.2 Å². The Kier molecular flexibility index (Phi) is 4.32. The molecule has 1 amide bonds. The van der Waals surface area contributed by atoms with E-state index in [1.54, 1.807) is 29.2 Å². The topological polar surface area (TPSA) is 63.7 Å². The summed E-state index contributed by atoms with van der Waals surface area (Å²) in [5, 5.41) is 0.606. The predicted molar refractivity (Wildman–Crippen MR) is 83.9 cm³/mol. The Morgan fingerprint density at radius 2 is 1.86 bits per heavy atom. The molecule has 0 N–H and O–H groups in total. The van der Waals surface area contributed by atoms with Crippen LogP contribution in [0.3, 0.4) is 0 Å². The van der Waals surface area contributed by atoms with E-state index < -0.39 is 9.84 Å². The van der Waals surface area contributed by atoms with Crippen LogP contribution >= 0.6 is 11.6 Å². The van der Waals surface area contributed by atoms with E-state index in [0.717, 1.165) is 12.8 Å². The highest BCUT2D eigenvalue weighted by molar-refractivity contribution is 7.91. The largest absolute Gasteiger partial charge is 0.484 e. The molecule has 2 fully saturated rings. The number of nitrogens with zero attached hydrogens (tertiary/aromatic N) is 1. The summed E-state index contributed by atoms with van der Waals surface area (Å²) in [5.74, 6) is 0.689. The second-order valence-electron chi connectivity index (χ2n) is 5.83. The minimum absolute atomic E-state index is 0.0747. The molecule has 1 atom stereocenters. The third-order valence-electron chi connectivity index (χ3n) is 4.01. The van der Waals surface area contributed by atoms with Gasteiger partial charge in [0.2, 0.25) is 0 Å². The van der Waals surface area contributed by atoms with E-state index in [-0.39, 0.29) is 36.1 Å². The first-order chi connectivity index (χ1) is 10.4. The normalized spacial score (nSPS) is 23.2. The molecule has 0 bridgehead atoms. The molecular weight excluding hydrogens is 326 g/mol. The monoisotopic (exact) mass is 343 g/mol. The Morgan fingerprint density at radius 1 is 1.18 bits per heavy atom. The van der Waals surface area contributed by atoms with Crippen molar-refractivity contribution < 1.29 is 17.9 Å². The Labute approximate surface area is 135 Å². The average Bonchev–Trinajstić information content (AvgIpc) is 3.23. The van der Waals surface area contributed by atoms with Crippen LogP contribution in [0.4, 0.5) is 0 Å². The molecule has 7 heteroatoms. The van der Waals surface area contributed by atoms with Crippen molar-refractivity contribution in [3.8, 4) is 5.75 Å². The Hall–Kier alpha value is -1.27. The van der Waals surface area contributed by atoms with Gasteiger partial charge in [-0.3, -0.25) is 4.79 Å². The molecule has 3 rings (SSSR count). The molecule has 1 unspecified atom stereocenters. The summed E-state index contributed by atoms with van der Waals surface area (Å²) in [6, 6.07) is 6.79. The van der Waals surface area contributed by atoms with Crippen LogP contribution in [0.1, 0.15) is 19.3 Å². The van der Waals surface area contributed by atoms with Gasteiger partial charge in [-0.1, -0.05) is 11.6 Å². The third kappa shape index (κ3) is 3.73. The van der Waals surface area contributed by atoms with Crippen LogP contribution in [-0.4, -0.2) is 49.4 Å². The molecule has 1 aliphatic heterocycles. The molecule has 0 radical (unpaired) electrons. The van der Waals surface area contributed by atoms with Gasteiger partial charge in [0, 0.05) is 17.1 Å². The lowest BCUT2D eigenvalue weighted by Crippen LogP contribution is -2.45. The van der Waals surface area contributed by atoms with E-state index in [1.165, 1.54) is 0 Å². The summed E-state index contributed by atoms with van der Waals surface area (Å²) < 4.78 is 28.8. The number of ether oxygens (including phenoxy) is 1. The lowest BCUT2D eigenvalue weighted by Gasteiger charge is -2.28. The van der Waals surface area contributed by atoms with Gasteiger partial charge in [0.05, 0.1) is 11.5 Å². The molecule has 1 heterocycles. The zero-order chi connectivity index (χ0) is 15.7. The van der Waals surface area contributed by atoms with E-state index in [4.69, 9.17) is 16.3 Å². The zero-order valence-corrected chi connectivity index (χ0v) is 13.6. The predicted octanol–water partition coefficient (Wildman–Crippen LogP) is 1.90. The van der Waals surface area contributed by atoms with Gasteiger partial charge in [-0.15, -0.1) is 0 Å². The number of sulfone groups is 1. The van der Waals surface area contributed by atoms with Crippen molar-refractivity contribution in [2.45, 2.75) is 31.3 Å². The van der Waals surface area contributed by atoms with Gasteiger partial charge in [0.1, 0.15) is 5.75 Å². The highest BCUT2D eigenvalue weighted by Gasteiger charge is 2.42. The summed E-state index contributed by atoms with van der Waals surface area (Å²) in [5.41, 5.74) is 0. The van der Waals surface area contributed by atoms with Crippen molar-refractivity contribution in [3.63, 3.8) is 0 Å². The molecule has 2 aliphatic rings. The maximum atomic E-state index is 12.4. The summed E-state index contributed by atoms with van der Waals surface area (Å²) in [4.78, 5) is 14.2. The van der Waals surface area contributed by atoms with E-state index in [1.807, 2.05) is 0 Å². The van der Waals surface area contributed by atoms with Crippen molar-refractivity contribution in [1.29, 1.82) is 0 Å². The fourth-order valence-electron chi connectivity index (χ4n) is 2.80. The molecule has 1 aromatic carbocycles. The van der Waals surface area contributed by atoms with Gasteiger partial charge in [-0.05, 0) is 43.5 Å². The molecule has 1 saturated carbocycles. The van der Waals surface area contributed by atoms with E-state index in [0.29, 0.717) is 17.2 Å². The van der Waals surface area contributed by atoms with Crippen molar-refractivity contribution in [1.82, 2.24) is 4.90 Å². The molecule has 1 aliphatic carbocycles. The molecule has 1 aromatic rings. The van der Waals surface area contributed by atoms with Crippen LogP contribution in [0.5, 0.6) is 5.75 Å². The lowest BCUT2D eigenvalue weighted by molar-refractivity contribution is -0.135. The Bertz CT molecular complexity index is 655. The highest BCUT2D eigenvalue weighted by Crippen LogP contribution is 2.32. The van der Waals surface area contributed by atoms with Crippen LogP contribution in [0.15, 0.2) is 24.3 Å². The summed E-state index contributed by atoms with van der Waals surface area (Å²) in [6.45, 7) is -0.0747. The van der Waals surface area contributed by atoms with Gasteiger partial charge >= 0.3 is 0 Å². The van der Waals surface area contributed by atoms with Crippen LogP contribution < -0.4 is 4.74 Å². The fraction of sp³-hybridized carbons (Fsp3) is 0.533. The molecule has 1 saturated heterocycles. The number of carbonyl (C=O) groups excluding carboxylic acids is 1. The Morgan fingerprint density at radius 3 is 2.41 bits per heavy atom. The first-order valence-corrected chi connectivity index (χ1v) is 9.54. The number of amides is 1. The first-order valence-electron chi connectivity index (χ1n) is 7.34.